The summed E-state index contributed by atoms with van der Waals surface area (Å²) in [5, 5.41) is 0. The summed E-state index contributed by atoms with van der Waals surface area (Å²) in [7, 11) is 1.69. The van der Waals surface area contributed by atoms with Gasteiger partial charge in [-0.25, -0.2) is 4.98 Å². The van der Waals surface area contributed by atoms with Crippen LogP contribution in [0.4, 0.5) is 0 Å². The van der Waals surface area contributed by atoms with Crippen LogP contribution in [0.1, 0.15) is 18.7 Å². The van der Waals surface area contributed by atoms with Crippen molar-refractivity contribution in [3.05, 3.63) is 24.0 Å². The standard InChI is InChI=1S/C16H22ClN3O/c1-21-14-6-4-5-13-16(14)18-15(7-8-17)20(13)12-11-19-9-2-3-10-19/h4-6H,2-3,7-12H2,1H3. The molecule has 3 rings (SSSR count). The molecule has 0 spiro atoms. The molecule has 1 fully saturated rings. The summed E-state index contributed by atoms with van der Waals surface area (Å²) in [5.74, 6) is 2.49. The number of benzene rings is 1. The molecule has 1 aromatic carbocycles. The zero-order chi connectivity index (χ0) is 14.7. The highest BCUT2D eigenvalue weighted by atomic mass is 35.5. The van der Waals surface area contributed by atoms with Crippen molar-refractivity contribution in [2.24, 2.45) is 0 Å². The van der Waals surface area contributed by atoms with Crippen molar-refractivity contribution < 1.29 is 4.74 Å². The van der Waals surface area contributed by atoms with Gasteiger partial charge in [-0.2, -0.15) is 0 Å². The number of halogens is 1. The van der Waals surface area contributed by atoms with Crippen molar-refractivity contribution in [2.75, 3.05) is 32.6 Å². The Morgan fingerprint density at radius 1 is 1.24 bits per heavy atom. The molecule has 114 valence electrons. The molecule has 0 radical (unpaired) electrons. The van der Waals surface area contributed by atoms with Gasteiger partial charge in [-0.15, -0.1) is 11.6 Å². The molecule has 2 aromatic rings. The Kier molecular flexibility index (Phi) is 4.66. The van der Waals surface area contributed by atoms with E-state index in [9.17, 15) is 0 Å². The molecule has 1 saturated heterocycles. The number of para-hydroxylation sites is 1. The quantitative estimate of drug-likeness (QED) is 0.769. The highest BCUT2D eigenvalue weighted by molar-refractivity contribution is 6.17. The van der Waals surface area contributed by atoms with E-state index < -0.39 is 0 Å². The molecule has 0 unspecified atom stereocenters. The fraction of sp³-hybridized carbons (Fsp3) is 0.562. The second-order valence-corrected chi connectivity index (χ2v) is 5.87. The molecule has 1 aliphatic heterocycles. The van der Waals surface area contributed by atoms with Crippen LogP contribution in [0.3, 0.4) is 0 Å². The zero-order valence-electron chi connectivity index (χ0n) is 12.5. The average molecular weight is 308 g/mol. The highest BCUT2D eigenvalue weighted by Gasteiger charge is 2.16. The maximum absolute atomic E-state index is 5.94. The van der Waals surface area contributed by atoms with Crippen LogP contribution in [0.15, 0.2) is 18.2 Å². The van der Waals surface area contributed by atoms with E-state index in [-0.39, 0.29) is 0 Å². The number of hydrogen-bond donors (Lipinski definition) is 0. The van der Waals surface area contributed by atoms with Crippen LogP contribution in [0, 0.1) is 0 Å². The minimum atomic E-state index is 0.593. The average Bonchev–Trinajstić information content (AvgIpc) is 3.12. The Bertz CT molecular complexity index is 605. The maximum Gasteiger partial charge on any atom is 0.146 e. The monoisotopic (exact) mass is 307 g/mol. The maximum atomic E-state index is 5.94. The summed E-state index contributed by atoms with van der Waals surface area (Å²) in [6.07, 6.45) is 3.44. The summed E-state index contributed by atoms with van der Waals surface area (Å²) in [5.41, 5.74) is 2.09. The topological polar surface area (TPSA) is 30.3 Å². The second kappa shape index (κ2) is 6.67. The molecule has 0 saturated carbocycles. The van der Waals surface area contributed by atoms with E-state index in [1.165, 1.54) is 25.9 Å². The van der Waals surface area contributed by atoms with Crippen molar-refractivity contribution in [1.29, 1.82) is 0 Å². The number of likely N-dealkylation sites (tertiary alicyclic amines) is 1. The molecule has 0 aliphatic carbocycles. The molecule has 0 amide bonds. The number of methoxy groups -OCH3 is 1. The number of imidazole rings is 1. The number of rotatable bonds is 6. The first-order valence-corrected chi connectivity index (χ1v) is 8.17. The molecular weight excluding hydrogens is 286 g/mol. The molecule has 0 bridgehead atoms. The van der Waals surface area contributed by atoms with Gasteiger partial charge in [0.15, 0.2) is 0 Å². The van der Waals surface area contributed by atoms with E-state index in [1.54, 1.807) is 7.11 Å². The number of aryl methyl sites for hydroxylation is 1. The van der Waals surface area contributed by atoms with E-state index in [2.05, 4.69) is 15.5 Å². The largest absolute Gasteiger partial charge is 0.494 e. The van der Waals surface area contributed by atoms with Crippen molar-refractivity contribution in [1.82, 2.24) is 14.5 Å². The van der Waals surface area contributed by atoms with Crippen molar-refractivity contribution in [2.45, 2.75) is 25.8 Å². The lowest BCUT2D eigenvalue weighted by atomic mass is 10.3. The lowest BCUT2D eigenvalue weighted by molar-refractivity contribution is 0.322. The lowest BCUT2D eigenvalue weighted by Gasteiger charge is -2.16. The third-order valence-corrected chi connectivity index (χ3v) is 4.39. The molecular formula is C16H22ClN3O. The molecule has 21 heavy (non-hydrogen) atoms. The van der Waals surface area contributed by atoms with Crippen LogP contribution in [0.2, 0.25) is 0 Å². The third kappa shape index (κ3) is 3.01. The molecule has 5 heteroatoms. The number of hydrogen-bond acceptors (Lipinski definition) is 3. The van der Waals surface area contributed by atoms with Crippen molar-refractivity contribution >= 4 is 22.6 Å². The van der Waals surface area contributed by atoms with Crippen LogP contribution in [-0.2, 0) is 13.0 Å². The van der Waals surface area contributed by atoms with Gasteiger partial charge in [0, 0.05) is 25.4 Å². The number of nitrogens with zero attached hydrogens (tertiary/aromatic N) is 3. The lowest BCUT2D eigenvalue weighted by Crippen LogP contribution is -2.24. The number of fused-ring (bicyclic) bond motifs is 1. The van der Waals surface area contributed by atoms with E-state index in [4.69, 9.17) is 21.3 Å². The smallest absolute Gasteiger partial charge is 0.146 e. The van der Waals surface area contributed by atoms with Crippen LogP contribution in [-0.4, -0.2) is 47.1 Å². The summed E-state index contributed by atoms with van der Waals surface area (Å²) in [4.78, 5) is 7.28. The normalized spacial score (nSPS) is 15.9. The Hall–Kier alpha value is -1.26. The first-order valence-electron chi connectivity index (χ1n) is 7.64. The van der Waals surface area contributed by atoms with Crippen molar-refractivity contribution in [3.63, 3.8) is 0 Å². The van der Waals surface area contributed by atoms with Crippen LogP contribution >= 0.6 is 11.6 Å². The SMILES string of the molecule is COc1cccc2c1nc(CCCl)n2CCN1CCCC1. The van der Waals surface area contributed by atoms with Crippen LogP contribution < -0.4 is 4.74 Å². The fourth-order valence-corrected chi connectivity index (χ4v) is 3.28. The first-order chi connectivity index (χ1) is 10.3. The predicted molar refractivity (Wildman–Crippen MR) is 86.4 cm³/mol. The molecule has 0 N–H and O–H groups in total. The molecule has 4 nitrogen and oxygen atoms in total. The minimum absolute atomic E-state index is 0.593. The van der Waals surface area contributed by atoms with Gasteiger partial charge in [0.25, 0.3) is 0 Å². The van der Waals surface area contributed by atoms with E-state index in [1.807, 2.05) is 12.1 Å². The fourth-order valence-electron chi connectivity index (χ4n) is 3.11. The second-order valence-electron chi connectivity index (χ2n) is 5.50. The van der Waals surface area contributed by atoms with Crippen LogP contribution in [0.25, 0.3) is 11.0 Å². The van der Waals surface area contributed by atoms with Gasteiger partial charge >= 0.3 is 0 Å². The van der Waals surface area contributed by atoms with Gasteiger partial charge in [0.2, 0.25) is 0 Å². The van der Waals surface area contributed by atoms with E-state index in [0.29, 0.717) is 5.88 Å². The summed E-state index contributed by atoms with van der Waals surface area (Å²) in [6, 6.07) is 6.11. The molecule has 1 aromatic heterocycles. The molecule has 0 atom stereocenters. The van der Waals surface area contributed by atoms with Gasteiger partial charge in [-0.1, -0.05) is 6.07 Å². The van der Waals surface area contributed by atoms with Crippen LogP contribution in [0.5, 0.6) is 5.75 Å². The van der Waals surface area contributed by atoms with Crippen molar-refractivity contribution in [3.8, 4) is 5.75 Å². The van der Waals surface area contributed by atoms with Gasteiger partial charge in [-0.3, -0.25) is 0 Å². The first kappa shape index (κ1) is 14.7. The van der Waals surface area contributed by atoms with Gasteiger partial charge < -0.3 is 14.2 Å². The van der Waals surface area contributed by atoms with Gasteiger partial charge in [0.1, 0.15) is 17.1 Å². The van der Waals surface area contributed by atoms with Gasteiger partial charge in [-0.05, 0) is 38.1 Å². The van der Waals surface area contributed by atoms with Gasteiger partial charge in [0.05, 0.1) is 12.6 Å². The van der Waals surface area contributed by atoms with E-state index in [0.717, 1.165) is 42.1 Å². The third-order valence-electron chi connectivity index (χ3n) is 4.20. The predicted octanol–water partition coefficient (Wildman–Crippen LogP) is 2.92. The Morgan fingerprint density at radius 2 is 2.05 bits per heavy atom. The summed E-state index contributed by atoms with van der Waals surface area (Å²) in [6.45, 7) is 4.50. The number of aromatic nitrogens is 2. The molecule has 2 heterocycles. The Morgan fingerprint density at radius 3 is 2.76 bits per heavy atom. The summed E-state index contributed by atoms with van der Waals surface area (Å²) < 4.78 is 7.74. The highest BCUT2D eigenvalue weighted by Crippen LogP contribution is 2.26. The zero-order valence-corrected chi connectivity index (χ0v) is 13.3. The summed E-state index contributed by atoms with van der Waals surface area (Å²) >= 11 is 5.94. The van der Waals surface area contributed by atoms with E-state index >= 15 is 0 Å². The Labute approximate surface area is 130 Å². The molecule has 1 aliphatic rings. The minimum Gasteiger partial charge on any atom is -0.494 e. The number of ether oxygens (including phenoxy) is 1. The Balaban J connectivity index is 1.91. The number of alkyl halides is 1.